The van der Waals surface area contributed by atoms with Crippen molar-refractivity contribution in [1.29, 1.82) is 0 Å². The Labute approximate surface area is 254 Å². The Balaban J connectivity index is 1.53. The summed E-state index contributed by atoms with van der Waals surface area (Å²) in [6.45, 7) is 6.93. The minimum absolute atomic E-state index is 0.162. The highest BCUT2D eigenvalue weighted by atomic mass is 127. The lowest BCUT2D eigenvalue weighted by atomic mass is 9.59. The van der Waals surface area contributed by atoms with Gasteiger partial charge in [0.25, 0.3) is 0 Å². The number of hydrogen-bond donors (Lipinski definition) is 1. The molecule has 6 rings (SSSR count). The number of nitrogens with one attached hydrogen (secondary N) is 1. The van der Waals surface area contributed by atoms with Crippen LogP contribution in [-0.2, 0) is 38.4 Å². The number of halogens is 1. The standard InChI is InChI=1S/C33H32BIN2O4/c1-19-20(2)30(21(3)26-17-33(16-25(19)26,31(38)40-4)32(39)41-5)34-36-27-10-6-8-23-9-7-11-28(29(23)27)37(34)18-22-12-14-24(35)15-13-22/h6-15,36H,16-18H2,1-5H3. The zero-order chi connectivity index (χ0) is 29.1. The van der Waals surface area contributed by atoms with Crippen LogP contribution in [0.25, 0.3) is 10.8 Å². The molecular weight excluding hydrogens is 626 g/mol. The van der Waals surface area contributed by atoms with Crippen LogP contribution < -0.4 is 15.5 Å². The van der Waals surface area contributed by atoms with E-state index in [0.717, 1.165) is 33.5 Å². The molecule has 1 N–H and O–H groups in total. The Morgan fingerprint density at radius 1 is 0.878 bits per heavy atom. The predicted octanol–water partition coefficient (Wildman–Crippen LogP) is 5.63. The number of methoxy groups -OCH3 is 2. The number of benzene rings is 4. The molecule has 0 bridgehead atoms. The van der Waals surface area contributed by atoms with Crippen molar-refractivity contribution in [2.45, 2.75) is 40.2 Å². The van der Waals surface area contributed by atoms with E-state index in [1.807, 2.05) is 0 Å². The highest BCUT2D eigenvalue weighted by molar-refractivity contribution is 14.1. The maximum atomic E-state index is 13.1. The molecule has 1 heterocycles. The zero-order valence-corrected chi connectivity index (χ0v) is 26.1. The first-order valence-corrected chi connectivity index (χ1v) is 14.9. The molecule has 208 valence electrons. The first kappa shape index (κ1) is 27.6. The van der Waals surface area contributed by atoms with E-state index in [1.165, 1.54) is 45.3 Å². The van der Waals surface area contributed by atoms with Gasteiger partial charge in [-0.05, 0) is 112 Å². The number of hydrogen-bond acceptors (Lipinski definition) is 6. The molecule has 4 aromatic carbocycles. The number of carbonyl (C=O) groups excluding carboxylic acids is 2. The summed E-state index contributed by atoms with van der Waals surface area (Å²) in [5.74, 6) is -1.09. The van der Waals surface area contributed by atoms with Crippen molar-refractivity contribution in [2.24, 2.45) is 5.41 Å². The van der Waals surface area contributed by atoms with Crippen LogP contribution in [0.3, 0.4) is 0 Å². The molecule has 6 nitrogen and oxygen atoms in total. The van der Waals surface area contributed by atoms with Gasteiger partial charge in [-0.25, -0.2) is 0 Å². The molecule has 0 spiro atoms. The summed E-state index contributed by atoms with van der Waals surface area (Å²) in [5, 5.41) is 6.29. The van der Waals surface area contributed by atoms with Gasteiger partial charge in [-0.1, -0.05) is 36.4 Å². The van der Waals surface area contributed by atoms with Crippen molar-refractivity contribution >= 4 is 69.1 Å². The summed E-state index contributed by atoms with van der Waals surface area (Å²) in [7, 11) is 2.66. The van der Waals surface area contributed by atoms with Crippen molar-refractivity contribution in [1.82, 2.24) is 0 Å². The highest BCUT2D eigenvalue weighted by Crippen LogP contribution is 2.44. The molecule has 8 heteroatoms. The van der Waals surface area contributed by atoms with E-state index in [1.54, 1.807) is 0 Å². The number of nitrogens with zero attached hydrogens (tertiary/aromatic N) is 1. The Hall–Kier alpha value is -3.53. The van der Waals surface area contributed by atoms with Crippen molar-refractivity contribution in [2.75, 3.05) is 24.3 Å². The normalized spacial score (nSPS) is 15.0. The van der Waals surface area contributed by atoms with Gasteiger partial charge < -0.3 is 19.5 Å². The number of esters is 2. The second-order valence-electron chi connectivity index (χ2n) is 11.1. The lowest BCUT2D eigenvalue weighted by Gasteiger charge is -2.39. The zero-order valence-electron chi connectivity index (χ0n) is 23.9. The summed E-state index contributed by atoms with van der Waals surface area (Å²) < 4.78 is 11.5. The molecule has 1 aliphatic heterocycles. The molecule has 0 amide bonds. The average Bonchev–Trinajstić information content (AvgIpc) is 3.41. The fourth-order valence-corrected chi connectivity index (χ4v) is 7.24. The summed E-state index contributed by atoms with van der Waals surface area (Å²) in [6.07, 6.45) is 0.541. The van der Waals surface area contributed by atoms with Crippen LogP contribution in [0, 0.1) is 29.8 Å². The van der Waals surface area contributed by atoms with Crippen LogP contribution in [0.4, 0.5) is 11.4 Å². The molecule has 0 saturated carbocycles. The SMILES string of the molecule is COC(=O)C1(C(=O)OC)Cc2c(C)c(C)c(B3Nc4cccc5cccc(c45)N3Cc3ccc(I)cc3)c(C)c2C1. The smallest absolute Gasteiger partial charge is 0.409 e. The second kappa shape index (κ2) is 10.4. The molecule has 0 aromatic heterocycles. The van der Waals surface area contributed by atoms with Gasteiger partial charge in [0.05, 0.1) is 14.2 Å². The van der Waals surface area contributed by atoms with Crippen LogP contribution in [0.1, 0.15) is 33.4 Å². The fraction of sp³-hybridized carbons (Fsp3) is 0.273. The average molecular weight is 658 g/mol. The van der Waals surface area contributed by atoms with Crippen molar-refractivity contribution in [3.05, 3.63) is 97.6 Å². The number of anilines is 2. The van der Waals surface area contributed by atoms with Crippen molar-refractivity contribution in [3.63, 3.8) is 0 Å². The summed E-state index contributed by atoms with van der Waals surface area (Å²) in [6, 6.07) is 21.5. The van der Waals surface area contributed by atoms with E-state index in [9.17, 15) is 9.59 Å². The minimum atomic E-state index is -1.37. The molecular formula is C33H32BIN2O4. The first-order chi connectivity index (χ1) is 19.7. The van der Waals surface area contributed by atoms with Gasteiger partial charge in [-0.15, -0.1) is 0 Å². The third-order valence-corrected chi connectivity index (χ3v) is 9.80. The Morgan fingerprint density at radius 2 is 1.49 bits per heavy atom. The Kier molecular flexibility index (Phi) is 7.00. The first-order valence-electron chi connectivity index (χ1n) is 13.8. The monoisotopic (exact) mass is 658 g/mol. The Morgan fingerprint density at radius 3 is 2.12 bits per heavy atom. The summed E-state index contributed by atoms with van der Waals surface area (Å²) in [5.41, 5.74) is 8.72. The van der Waals surface area contributed by atoms with Gasteiger partial charge in [-0.3, -0.25) is 9.59 Å². The van der Waals surface area contributed by atoms with Crippen LogP contribution in [-0.4, -0.2) is 33.1 Å². The van der Waals surface area contributed by atoms with Crippen molar-refractivity contribution in [3.8, 4) is 0 Å². The molecule has 41 heavy (non-hydrogen) atoms. The van der Waals surface area contributed by atoms with E-state index in [-0.39, 0.29) is 19.8 Å². The second-order valence-corrected chi connectivity index (χ2v) is 12.4. The molecule has 0 atom stereocenters. The largest absolute Gasteiger partial charge is 0.468 e. The third-order valence-electron chi connectivity index (χ3n) is 9.09. The van der Waals surface area contributed by atoms with Gasteiger partial charge in [0.1, 0.15) is 0 Å². The number of fused-ring (bicyclic) bond motifs is 1. The van der Waals surface area contributed by atoms with E-state index >= 15 is 0 Å². The van der Waals surface area contributed by atoms with Crippen LogP contribution in [0.2, 0.25) is 0 Å². The third kappa shape index (κ3) is 4.29. The molecule has 2 aliphatic rings. The van der Waals surface area contributed by atoms with E-state index < -0.39 is 17.4 Å². The molecule has 0 fully saturated rings. The topological polar surface area (TPSA) is 67.9 Å². The lowest BCUT2D eigenvalue weighted by molar-refractivity contribution is -0.168. The highest BCUT2D eigenvalue weighted by Gasteiger charge is 2.54. The Bertz CT molecular complexity index is 1700. The minimum Gasteiger partial charge on any atom is -0.468 e. The van der Waals surface area contributed by atoms with Gasteiger partial charge in [0, 0.05) is 39.7 Å². The maximum Gasteiger partial charge on any atom is 0.409 e. The van der Waals surface area contributed by atoms with E-state index in [0.29, 0.717) is 6.54 Å². The number of rotatable bonds is 5. The molecule has 1 aliphatic carbocycles. The van der Waals surface area contributed by atoms with Gasteiger partial charge in [0.2, 0.25) is 0 Å². The van der Waals surface area contributed by atoms with Crippen LogP contribution in [0.15, 0.2) is 60.7 Å². The maximum absolute atomic E-state index is 13.1. The predicted molar refractivity (Wildman–Crippen MR) is 173 cm³/mol. The molecule has 0 unspecified atom stereocenters. The quantitative estimate of drug-likeness (QED) is 0.130. The van der Waals surface area contributed by atoms with Gasteiger partial charge >= 0.3 is 18.9 Å². The van der Waals surface area contributed by atoms with Crippen LogP contribution >= 0.6 is 22.6 Å². The van der Waals surface area contributed by atoms with Crippen LogP contribution in [0.5, 0.6) is 0 Å². The molecule has 0 radical (unpaired) electrons. The molecule has 4 aromatic rings. The summed E-state index contributed by atoms with van der Waals surface area (Å²) in [4.78, 5) is 28.6. The fourth-order valence-electron chi connectivity index (χ4n) is 6.88. The number of carbonyl (C=O) groups is 2. The lowest BCUT2D eigenvalue weighted by Crippen LogP contribution is -2.57. The van der Waals surface area contributed by atoms with Crippen molar-refractivity contribution < 1.29 is 19.1 Å². The van der Waals surface area contributed by atoms with Gasteiger partial charge in [0.15, 0.2) is 5.41 Å². The molecule has 0 saturated heterocycles. The number of ether oxygens (including phenoxy) is 2. The van der Waals surface area contributed by atoms with Gasteiger partial charge in [-0.2, -0.15) is 0 Å². The summed E-state index contributed by atoms with van der Waals surface area (Å²) >= 11 is 2.34. The van der Waals surface area contributed by atoms with E-state index in [2.05, 4.69) is 114 Å². The van der Waals surface area contributed by atoms with E-state index in [4.69, 9.17) is 9.47 Å².